The third kappa shape index (κ3) is 4.18. The van der Waals surface area contributed by atoms with E-state index in [1.165, 1.54) is 6.07 Å². The molecule has 0 aliphatic heterocycles. The first-order valence-electron chi connectivity index (χ1n) is 7.72. The number of rotatable bonds is 6. The van der Waals surface area contributed by atoms with Crippen molar-refractivity contribution in [2.75, 3.05) is 6.54 Å². The van der Waals surface area contributed by atoms with Gasteiger partial charge in [0, 0.05) is 17.0 Å². The van der Waals surface area contributed by atoms with Crippen molar-refractivity contribution in [1.82, 2.24) is 0 Å². The quantitative estimate of drug-likeness (QED) is 0.631. The number of halogens is 3. The number of hydrogen-bond donors (Lipinski definition) is 1. The van der Waals surface area contributed by atoms with E-state index in [1.54, 1.807) is 18.2 Å². The van der Waals surface area contributed by atoms with Gasteiger partial charge in [-0.2, -0.15) is 0 Å². The van der Waals surface area contributed by atoms with Crippen molar-refractivity contribution >= 4 is 23.2 Å². The topological polar surface area (TPSA) is 29.8 Å². The zero-order valence-electron chi connectivity index (χ0n) is 12.9. The van der Waals surface area contributed by atoms with Gasteiger partial charge in [-0.05, 0) is 42.0 Å². The van der Waals surface area contributed by atoms with E-state index in [-0.39, 0.29) is 5.82 Å². The average Bonchev–Trinajstić information content (AvgIpc) is 3.01. The van der Waals surface area contributed by atoms with Crippen LogP contribution in [0.2, 0.25) is 10.0 Å². The van der Waals surface area contributed by atoms with Crippen molar-refractivity contribution in [3.63, 3.8) is 0 Å². The lowest BCUT2D eigenvalue weighted by atomic mass is 10.1. The minimum Gasteiger partial charge on any atom is -0.455 e. The summed E-state index contributed by atoms with van der Waals surface area (Å²) in [7, 11) is 0. The van der Waals surface area contributed by atoms with Crippen molar-refractivity contribution in [3.05, 3.63) is 81.8 Å². The Kier molecular flexibility index (Phi) is 5.56. The maximum atomic E-state index is 13.5. The first-order chi connectivity index (χ1) is 11.6. The Morgan fingerprint density at radius 3 is 2.62 bits per heavy atom. The number of furan rings is 1. The van der Waals surface area contributed by atoms with Crippen LogP contribution >= 0.6 is 23.2 Å². The molecule has 1 aromatic heterocycles. The molecule has 0 unspecified atom stereocenters. The van der Waals surface area contributed by atoms with Crippen LogP contribution in [0.3, 0.4) is 0 Å². The minimum atomic E-state index is -0.149. The zero-order chi connectivity index (χ0) is 16.9. The van der Waals surface area contributed by atoms with Crippen LogP contribution in [0.5, 0.6) is 0 Å². The highest BCUT2D eigenvalue weighted by Gasteiger charge is 2.10. The van der Waals surface area contributed by atoms with Crippen molar-refractivity contribution in [2.24, 2.45) is 0 Å². The highest BCUT2D eigenvalue weighted by atomic mass is 35.5. The molecule has 0 fully saturated rings. The molecule has 0 atom stereocenters. The Balaban J connectivity index is 1.56. The summed E-state index contributed by atoms with van der Waals surface area (Å²) in [6.45, 7) is 1.48. The third-order valence-corrected chi connectivity index (χ3v) is 4.33. The van der Waals surface area contributed by atoms with Gasteiger partial charge in [-0.3, -0.25) is 0 Å². The van der Waals surface area contributed by atoms with Gasteiger partial charge in [-0.1, -0.05) is 41.4 Å². The third-order valence-electron chi connectivity index (χ3n) is 3.78. The number of quaternary nitrogens is 1. The molecule has 0 saturated carbocycles. The largest absolute Gasteiger partial charge is 0.455 e. The fraction of sp³-hybridized carbons (Fsp3) is 0.158. The summed E-state index contributed by atoms with van der Waals surface area (Å²) in [5.41, 5.74) is 1.56. The predicted octanol–water partition coefficient (Wildman–Crippen LogP) is 4.70. The highest BCUT2D eigenvalue weighted by Crippen LogP contribution is 2.31. The van der Waals surface area contributed by atoms with E-state index in [0.717, 1.165) is 23.4 Å². The molecular formula is C19H17Cl2FNO+. The Hall–Kier alpha value is -1.81. The summed E-state index contributed by atoms with van der Waals surface area (Å²) >= 11 is 12.1. The van der Waals surface area contributed by atoms with Crippen molar-refractivity contribution in [1.29, 1.82) is 0 Å². The molecule has 5 heteroatoms. The van der Waals surface area contributed by atoms with Gasteiger partial charge in [-0.15, -0.1) is 0 Å². The molecule has 0 radical (unpaired) electrons. The number of benzene rings is 2. The van der Waals surface area contributed by atoms with Crippen LogP contribution in [-0.4, -0.2) is 6.54 Å². The zero-order valence-corrected chi connectivity index (χ0v) is 14.4. The second kappa shape index (κ2) is 7.84. The Labute approximate surface area is 150 Å². The summed E-state index contributed by atoms with van der Waals surface area (Å²) in [4.78, 5) is 0. The smallest absolute Gasteiger partial charge is 0.158 e. The van der Waals surface area contributed by atoms with E-state index in [1.807, 2.05) is 30.3 Å². The SMILES string of the molecule is Fc1ccccc1CC[NH2+]Cc1ccc(-c2ccc(Cl)cc2Cl)o1. The molecule has 3 rings (SSSR count). The lowest BCUT2D eigenvalue weighted by molar-refractivity contribution is -0.671. The molecule has 2 nitrogen and oxygen atoms in total. The summed E-state index contributed by atoms with van der Waals surface area (Å²) < 4.78 is 19.4. The predicted molar refractivity (Wildman–Crippen MR) is 94.8 cm³/mol. The Bertz CT molecular complexity index is 832. The van der Waals surface area contributed by atoms with E-state index >= 15 is 0 Å². The lowest BCUT2D eigenvalue weighted by Crippen LogP contribution is -2.83. The first-order valence-corrected chi connectivity index (χ1v) is 8.48. The highest BCUT2D eigenvalue weighted by molar-refractivity contribution is 6.36. The van der Waals surface area contributed by atoms with Gasteiger partial charge < -0.3 is 9.73 Å². The molecule has 124 valence electrons. The number of hydrogen-bond acceptors (Lipinski definition) is 1. The van der Waals surface area contributed by atoms with Crippen LogP contribution in [0.25, 0.3) is 11.3 Å². The monoisotopic (exact) mass is 364 g/mol. The molecular weight excluding hydrogens is 348 g/mol. The van der Waals surface area contributed by atoms with Crippen LogP contribution in [0.15, 0.2) is 59.0 Å². The van der Waals surface area contributed by atoms with E-state index in [9.17, 15) is 4.39 Å². The van der Waals surface area contributed by atoms with Gasteiger partial charge in [-0.25, -0.2) is 4.39 Å². The number of nitrogens with two attached hydrogens (primary N) is 1. The van der Waals surface area contributed by atoms with E-state index in [2.05, 4.69) is 5.32 Å². The summed E-state index contributed by atoms with van der Waals surface area (Å²) in [5.74, 6) is 1.42. The van der Waals surface area contributed by atoms with Gasteiger partial charge in [0.1, 0.15) is 18.1 Å². The summed E-state index contributed by atoms with van der Waals surface area (Å²) in [6, 6.07) is 16.0. The molecule has 0 amide bonds. The molecule has 1 heterocycles. The van der Waals surface area contributed by atoms with E-state index in [0.29, 0.717) is 28.8 Å². The first kappa shape index (κ1) is 17.0. The molecule has 24 heavy (non-hydrogen) atoms. The molecule has 0 spiro atoms. The van der Waals surface area contributed by atoms with Crippen LogP contribution in [-0.2, 0) is 13.0 Å². The van der Waals surface area contributed by atoms with Gasteiger partial charge in [0.25, 0.3) is 0 Å². The maximum Gasteiger partial charge on any atom is 0.158 e. The van der Waals surface area contributed by atoms with Crippen molar-refractivity contribution in [3.8, 4) is 11.3 Å². The lowest BCUT2D eigenvalue weighted by Gasteiger charge is -2.03. The summed E-state index contributed by atoms with van der Waals surface area (Å²) in [6.07, 6.45) is 0.684. The van der Waals surface area contributed by atoms with Crippen LogP contribution in [0.1, 0.15) is 11.3 Å². The Morgan fingerprint density at radius 1 is 1.00 bits per heavy atom. The van der Waals surface area contributed by atoms with Gasteiger partial charge in [0.05, 0.1) is 11.6 Å². The van der Waals surface area contributed by atoms with Gasteiger partial charge >= 0.3 is 0 Å². The van der Waals surface area contributed by atoms with Crippen molar-refractivity contribution < 1.29 is 14.1 Å². The molecule has 0 aliphatic rings. The standard InChI is InChI=1S/C19H16Cl2FNO/c20-14-5-7-16(17(21)11-14)19-8-6-15(24-19)12-23-10-9-13-3-1-2-4-18(13)22/h1-8,11,23H,9-10,12H2/p+1. The second-order valence-electron chi connectivity index (χ2n) is 5.51. The fourth-order valence-electron chi connectivity index (χ4n) is 2.52. The maximum absolute atomic E-state index is 13.5. The van der Waals surface area contributed by atoms with E-state index < -0.39 is 0 Å². The minimum absolute atomic E-state index is 0.149. The molecule has 3 aromatic rings. The van der Waals surface area contributed by atoms with Gasteiger partial charge in [0.15, 0.2) is 5.76 Å². The van der Waals surface area contributed by atoms with Crippen molar-refractivity contribution in [2.45, 2.75) is 13.0 Å². The van der Waals surface area contributed by atoms with Crippen LogP contribution < -0.4 is 5.32 Å². The summed E-state index contributed by atoms with van der Waals surface area (Å²) in [5, 5.41) is 3.25. The second-order valence-corrected chi connectivity index (χ2v) is 6.36. The van der Waals surface area contributed by atoms with Gasteiger partial charge in [0.2, 0.25) is 0 Å². The average molecular weight is 365 g/mol. The van der Waals surface area contributed by atoms with Crippen LogP contribution in [0.4, 0.5) is 4.39 Å². The molecule has 2 aromatic carbocycles. The Morgan fingerprint density at radius 2 is 1.83 bits per heavy atom. The fourth-order valence-corrected chi connectivity index (χ4v) is 3.03. The van der Waals surface area contributed by atoms with E-state index in [4.69, 9.17) is 27.6 Å². The normalized spacial score (nSPS) is 11.0. The molecule has 0 bridgehead atoms. The molecule has 0 aliphatic carbocycles. The molecule has 2 N–H and O–H groups in total. The van der Waals surface area contributed by atoms with Crippen LogP contribution in [0, 0.1) is 5.82 Å². The molecule has 0 saturated heterocycles.